The van der Waals surface area contributed by atoms with Gasteiger partial charge in [0, 0.05) is 0 Å². The molecule has 0 aliphatic rings. The monoisotopic (exact) mass is 365 g/mol. The highest BCUT2D eigenvalue weighted by Gasteiger charge is 2.24. The number of hydrogen-bond donors (Lipinski definition) is 1. The minimum absolute atomic E-state index is 0.192. The Hall–Kier alpha value is -1.88. The summed E-state index contributed by atoms with van der Waals surface area (Å²) in [6.07, 6.45) is -0.544. The van der Waals surface area contributed by atoms with Crippen molar-refractivity contribution in [1.82, 2.24) is 5.32 Å². The lowest BCUT2D eigenvalue weighted by atomic mass is 9.94. The molecular weight excluding hydrogens is 349 g/mol. The predicted molar refractivity (Wildman–Crippen MR) is 86.9 cm³/mol. The first-order valence-electron chi connectivity index (χ1n) is 6.83. The molecule has 0 aromatic heterocycles. The number of ether oxygens (including phenoxy) is 1. The molecule has 1 N–H and O–H groups in total. The maximum Gasteiger partial charge on any atom is 0.408 e. The summed E-state index contributed by atoms with van der Waals surface area (Å²) in [7, 11) is 0. The predicted octanol–water partition coefficient (Wildman–Crippen LogP) is 4.75. The molecule has 0 unspecified atom stereocenters. The Morgan fingerprint density at radius 2 is 1.91 bits per heavy atom. The second-order valence-electron chi connectivity index (χ2n) is 5.44. The third kappa shape index (κ3) is 4.31. The fourth-order valence-electron chi connectivity index (χ4n) is 1.97. The molecule has 5 heteroatoms. The van der Waals surface area contributed by atoms with Crippen LogP contribution in [0.1, 0.15) is 25.0 Å². The van der Waals surface area contributed by atoms with E-state index in [9.17, 15) is 9.18 Å². The van der Waals surface area contributed by atoms with E-state index in [0.29, 0.717) is 10.0 Å². The van der Waals surface area contributed by atoms with Crippen LogP contribution in [-0.4, -0.2) is 6.09 Å². The van der Waals surface area contributed by atoms with Gasteiger partial charge in [0.2, 0.25) is 0 Å². The molecule has 0 atom stereocenters. The fraction of sp³-hybridized carbons (Fsp3) is 0.235. The number of benzene rings is 2. The molecule has 2 aromatic carbocycles. The summed E-state index contributed by atoms with van der Waals surface area (Å²) in [5.74, 6) is -0.370. The third-order valence-electron chi connectivity index (χ3n) is 3.27. The van der Waals surface area contributed by atoms with E-state index in [2.05, 4.69) is 21.2 Å². The second kappa shape index (κ2) is 6.92. The molecule has 116 valence electrons. The van der Waals surface area contributed by atoms with E-state index >= 15 is 0 Å². The van der Waals surface area contributed by atoms with Gasteiger partial charge < -0.3 is 10.1 Å². The molecule has 0 aliphatic carbocycles. The fourth-order valence-corrected chi connectivity index (χ4v) is 2.22. The van der Waals surface area contributed by atoms with Gasteiger partial charge in [-0.2, -0.15) is 0 Å². The van der Waals surface area contributed by atoms with E-state index in [1.807, 2.05) is 30.3 Å². The summed E-state index contributed by atoms with van der Waals surface area (Å²) in [5.41, 5.74) is 0.824. The zero-order chi connectivity index (χ0) is 16.2. The van der Waals surface area contributed by atoms with Crippen LogP contribution in [0, 0.1) is 5.82 Å². The number of carbonyl (C=O) groups is 1. The maximum atomic E-state index is 13.6. The van der Waals surface area contributed by atoms with Crippen molar-refractivity contribution in [2.75, 3.05) is 0 Å². The van der Waals surface area contributed by atoms with Crippen molar-refractivity contribution >= 4 is 22.0 Å². The average Bonchev–Trinajstić information content (AvgIpc) is 2.48. The highest BCUT2D eigenvalue weighted by molar-refractivity contribution is 9.10. The zero-order valence-electron chi connectivity index (χ0n) is 12.4. The minimum Gasteiger partial charge on any atom is -0.445 e. The molecule has 0 radical (unpaired) electrons. The van der Waals surface area contributed by atoms with E-state index in [4.69, 9.17) is 4.74 Å². The minimum atomic E-state index is -0.741. The topological polar surface area (TPSA) is 38.3 Å². The Labute approximate surface area is 137 Å². The number of hydrogen-bond acceptors (Lipinski definition) is 2. The van der Waals surface area contributed by atoms with Crippen LogP contribution in [0.5, 0.6) is 0 Å². The standard InChI is InChI=1S/C17H17BrFNO2/c1-17(2,13-8-9-14(18)15(19)10-13)20-16(21)22-11-12-6-4-3-5-7-12/h3-10H,11H2,1-2H3,(H,20,21). The molecule has 3 nitrogen and oxygen atoms in total. The number of halogens is 2. The quantitative estimate of drug-likeness (QED) is 0.848. The Bertz CT molecular complexity index is 659. The van der Waals surface area contributed by atoms with Crippen molar-refractivity contribution in [3.63, 3.8) is 0 Å². The summed E-state index contributed by atoms with van der Waals surface area (Å²) in [6.45, 7) is 3.77. The number of amides is 1. The van der Waals surface area contributed by atoms with Crippen molar-refractivity contribution in [2.24, 2.45) is 0 Å². The summed E-state index contributed by atoms with van der Waals surface area (Å²) in [5, 5.41) is 2.75. The first kappa shape index (κ1) is 16.5. The highest BCUT2D eigenvalue weighted by atomic mass is 79.9. The summed E-state index contributed by atoms with van der Waals surface area (Å²) in [6, 6.07) is 14.2. The van der Waals surface area contributed by atoms with Gasteiger partial charge >= 0.3 is 6.09 Å². The average molecular weight is 366 g/mol. The van der Waals surface area contributed by atoms with Gasteiger partial charge in [0.05, 0.1) is 10.0 Å². The van der Waals surface area contributed by atoms with Crippen molar-refractivity contribution in [2.45, 2.75) is 26.0 Å². The Morgan fingerprint density at radius 1 is 1.23 bits per heavy atom. The maximum absolute atomic E-state index is 13.6. The SMILES string of the molecule is CC(C)(NC(=O)OCc1ccccc1)c1ccc(Br)c(F)c1. The van der Waals surface area contributed by atoms with Crippen LogP contribution in [0.15, 0.2) is 53.0 Å². The van der Waals surface area contributed by atoms with Crippen molar-refractivity contribution < 1.29 is 13.9 Å². The molecule has 0 aliphatic heterocycles. The summed E-state index contributed by atoms with van der Waals surface area (Å²) < 4.78 is 19.2. The third-order valence-corrected chi connectivity index (χ3v) is 3.91. The first-order chi connectivity index (χ1) is 10.4. The lowest BCUT2D eigenvalue weighted by molar-refractivity contribution is 0.129. The molecule has 22 heavy (non-hydrogen) atoms. The summed E-state index contributed by atoms with van der Waals surface area (Å²) in [4.78, 5) is 11.9. The van der Waals surface area contributed by atoms with E-state index < -0.39 is 11.6 Å². The van der Waals surface area contributed by atoms with E-state index in [-0.39, 0.29) is 12.4 Å². The van der Waals surface area contributed by atoms with Gasteiger partial charge in [0.1, 0.15) is 12.4 Å². The van der Waals surface area contributed by atoms with E-state index in [1.165, 1.54) is 6.07 Å². The van der Waals surface area contributed by atoms with Gasteiger partial charge in [-0.3, -0.25) is 0 Å². The lowest BCUT2D eigenvalue weighted by Gasteiger charge is -2.26. The van der Waals surface area contributed by atoms with E-state index in [1.54, 1.807) is 26.0 Å². The molecule has 1 amide bonds. The van der Waals surface area contributed by atoms with Gasteiger partial charge in [0.25, 0.3) is 0 Å². The van der Waals surface area contributed by atoms with Crippen molar-refractivity contribution in [1.29, 1.82) is 0 Å². The highest BCUT2D eigenvalue weighted by Crippen LogP contribution is 2.24. The van der Waals surface area contributed by atoms with E-state index in [0.717, 1.165) is 5.56 Å². The first-order valence-corrected chi connectivity index (χ1v) is 7.62. The van der Waals surface area contributed by atoms with Crippen LogP contribution in [0.3, 0.4) is 0 Å². The second-order valence-corrected chi connectivity index (χ2v) is 6.29. The zero-order valence-corrected chi connectivity index (χ0v) is 14.0. The van der Waals surface area contributed by atoms with Crippen LogP contribution >= 0.6 is 15.9 Å². The molecule has 0 fully saturated rings. The largest absolute Gasteiger partial charge is 0.445 e. The Kier molecular flexibility index (Phi) is 5.19. The van der Waals surface area contributed by atoms with Gasteiger partial charge in [-0.15, -0.1) is 0 Å². The number of rotatable bonds is 4. The molecule has 0 saturated carbocycles. The molecule has 2 rings (SSSR count). The van der Waals surface area contributed by atoms with Crippen molar-refractivity contribution in [3.8, 4) is 0 Å². The molecule has 0 bridgehead atoms. The number of alkyl carbamates (subject to hydrolysis) is 1. The van der Waals surface area contributed by atoms with Gasteiger partial charge in [-0.1, -0.05) is 36.4 Å². The van der Waals surface area contributed by atoms with Crippen LogP contribution in [0.4, 0.5) is 9.18 Å². The van der Waals surface area contributed by atoms with Gasteiger partial charge in [-0.05, 0) is 53.0 Å². The van der Waals surface area contributed by atoms with Crippen molar-refractivity contribution in [3.05, 3.63) is 69.9 Å². The van der Waals surface area contributed by atoms with Crippen LogP contribution in [0.25, 0.3) is 0 Å². The smallest absolute Gasteiger partial charge is 0.408 e. The Balaban J connectivity index is 1.98. The number of nitrogens with one attached hydrogen (secondary N) is 1. The number of carbonyl (C=O) groups excluding carboxylic acids is 1. The lowest BCUT2D eigenvalue weighted by Crippen LogP contribution is -2.41. The Morgan fingerprint density at radius 3 is 2.55 bits per heavy atom. The van der Waals surface area contributed by atoms with Crippen LogP contribution in [-0.2, 0) is 16.9 Å². The van der Waals surface area contributed by atoms with Gasteiger partial charge in [0.15, 0.2) is 0 Å². The summed E-state index contributed by atoms with van der Waals surface area (Å²) >= 11 is 3.11. The van der Waals surface area contributed by atoms with Crippen LogP contribution in [0.2, 0.25) is 0 Å². The molecule has 2 aromatic rings. The van der Waals surface area contributed by atoms with Crippen LogP contribution < -0.4 is 5.32 Å². The van der Waals surface area contributed by atoms with Gasteiger partial charge in [-0.25, -0.2) is 9.18 Å². The normalized spacial score (nSPS) is 11.1. The molecular formula is C17H17BrFNO2. The molecule has 0 saturated heterocycles. The molecule has 0 spiro atoms. The molecule has 0 heterocycles.